The van der Waals surface area contributed by atoms with Crippen LogP contribution in [-0.2, 0) is 4.79 Å². The third-order valence-electron chi connectivity index (χ3n) is 4.95. The average Bonchev–Trinajstić information content (AvgIpc) is 3.28. The summed E-state index contributed by atoms with van der Waals surface area (Å²) in [6.07, 6.45) is 3.29. The number of carbonyl (C=O) groups is 1. The molecule has 0 radical (unpaired) electrons. The molecular weight excluding hydrogens is 370 g/mol. The van der Waals surface area contributed by atoms with Crippen LogP contribution in [0.4, 0.5) is 0 Å². The zero-order valence-electron chi connectivity index (χ0n) is 16.3. The maximum Gasteiger partial charge on any atom is 0.262 e. The zero-order chi connectivity index (χ0) is 20.1. The third kappa shape index (κ3) is 4.39. The first-order valence-electron chi connectivity index (χ1n) is 9.73. The molecule has 0 spiro atoms. The van der Waals surface area contributed by atoms with Gasteiger partial charge < -0.3 is 18.9 Å². The number of hydrogen-bond donors (Lipinski definition) is 0. The molecule has 1 aromatic heterocycles. The van der Waals surface area contributed by atoms with Crippen molar-refractivity contribution in [3.05, 3.63) is 48.5 Å². The van der Waals surface area contributed by atoms with Gasteiger partial charge >= 0.3 is 0 Å². The van der Waals surface area contributed by atoms with Crippen LogP contribution in [0.2, 0.25) is 0 Å². The molecule has 0 unspecified atom stereocenters. The molecule has 1 aliphatic rings. The van der Waals surface area contributed by atoms with Gasteiger partial charge in [0.2, 0.25) is 5.82 Å². The zero-order valence-corrected chi connectivity index (χ0v) is 16.3. The van der Waals surface area contributed by atoms with Gasteiger partial charge in [-0.2, -0.15) is 4.98 Å². The van der Waals surface area contributed by atoms with Crippen LogP contribution in [0.25, 0.3) is 22.8 Å². The lowest BCUT2D eigenvalue weighted by Crippen LogP contribution is -2.38. The van der Waals surface area contributed by atoms with Crippen molar-refractivity contribution in [2.75, 3.05) is 26.8 Å². The lowest BCUT2D eigenvalue weighted by molar-refractivity contribution is -0.134. The molecule has 3 aromatic rings. The number of nitrogens with zero attached hydrogens (tertiary/aromatic N) is 3. The second-order valence-electron chi connectivity index (χ2n) is 6.88. The van der Waals surface area contributed by atoms with E-state index in [0.717, 1.165) is 37.2 Å². The molecule has 29 heavy (non-hydrogen) atoms. The first-order chi connectivity index (χ1) is 14.2. The molecule has 0 aliphatic carbocycles. The second kappa shape index (κ2) is 8.77. The summed E-state index contributed by atoms with van der Waals surface area (Å²) < 4.78 is 16.4. The van der Waals surface area contributed by atoms with Gasteiger partial charge in [0.25, 0.3) is 11.8 Å². The van der Waals surface area contributed by atoms with Crippen LogP contribution in [-0.4, -0.2) is 47.8 Å². The molecule has 7 nitrogen and oxygen atoms in total. The molecule has 0 bridgehead atoms. The maximum atomic E-state index is 12.4. The number of para-hydroxylation sites is 1. The molecule has 0 saturated carbocycles. The van der Waals surface area contributed by atoms with E-state index in [1.807, 2.05) is 47.4 Å². The average molecular weight is 393 g/mol. The van der Waals surface area contributed by atoms with E-state index in [1.54, 1.807) is 13.2 Å². The molecular formula is C22H23N3O4. The van der Waals surface area contributed by atoms with Gasteiger partial charge in [-0.05, 0) is 55.7 Å². The van der Waals surface area contributed by atoms with Crippen molar-refractivity contribution < 1.29 is 18.8 Å². The van der Waals surface area contributed by atoms with Crippen molar-refractivity contribution in [2.45, 2.75) is 19.3 Å². The van der Waals surface area contributed by atoms with Gasteiger partial charge in [-0.3, -0.25) is 4.79 Å². The number of amides is 1. The molecule has 0 atom stereocenters. The number of piperidine rings is 1. The molecule has 2 aromatic carbocycles. The van der Waals surface area contributed by atoms with E-state index in [1.165, 1.54) is 6.42 Å². The highest BCUT2D eigenvalue weighted by Crippen LogP contribution is 2.30. The minimum atomic E-state index is -0.00348. The van der Waals surface area contributed by atoms with Gasteiger partial charge in [-0.1, -0.05) is 17.3 Å². The molecule has 2 heterocycles. The van der Waals surface area contributed by atoms with E-state index in [-0.39, 0.29) is 12.5 Å². The number of likely N-dealkylation sites (tertiary alicyclic amines) is 1. The Morgan fingerprint density at radius 1 is 1.07 bits per heavy atom. The number of aromatic nitrogens is 2. The Morgan fingerprint density at radius 2 is 1.83 bits per heavy atom. The summed E-state index contributed by atoms with van der Waals surface area (Å²) in [5.41, 5.74) is 1.48. The third-order valence-corrected chi connectivity index (χ3v) is 4.95. The fraction of sp³-hybridized carbons (Fsp3) is 0.318. The highest BCUT2D eigenvalue weighted by molar-refractivity contribution is 5.78. The van der Waals surface area contributed by atoms with Crippen LogP contribution >= 0.6 is 0 Å². The summed E-state index contributed by atoms with van der Waals surface area (Å²) in [6, 6.07) is 14.8. The number of ether oxygens (including phenoxy) is 2. The summed E-state index contributed by atoms with van der Waals surface area (Å²) in [4.78, 5) is 18.8. The fourth-order valence-electron chi connectivity index (χ4n) is 3.33. The number of rotatable bonds is 6. The fourth-order valence-corrected chi connectivity index (χ4v) is 3.33. The largest absolute Gasteiger partial charge is 0.497 e. The monoisotopic (exact) mass is 393 g/mol. The van der Waals surface area contributed by atoms with Crippen LogP contribution < -0.4 is 9.47 Å². The van der Waals surface area contributed by atoms with Gasteiger partial charge in [0, 0.05) is 18.7 Å². The molecule has 1 amide bonds. The minimum Gasteiger partial charge on any atom is -0.497 e. The van der Waals surface area contributed by atoms with E-state index in [2.05, 4.69) is 10.1 Å². The Balaban J connectivity index is 1.49. The number of carbonyl (C=O) groups excluding carboxylic acids is 1. The molecule has 4 rings (SSSR count). The van der Waals surface area contributed by atoms with Crippen molar-refractivity contribution in [2.24, 2.45) is 0 Å². The van der Waals surface area contributed by atoms with Crippen LogP contribution in [0.3, 0.4) is 0 Å². The van der Waals surface area contributed by atoms with E-state index >= 15 is 0 Å². The molecule has 1 fully saturated rings. The Labute approximate surface area is 169 Å². The second-order valence-corrected chi connectivity index (χ2v) is 6.88. The molecule has 0 N–H and O–H groups in total. The summed E-state index contributed by atoms with van der Waals surface area (Å²) in [5, 5.41) is 4.07. The predicted octanol–water partition coefficient (Wildman–Crippen LogP) is 3.80. The van der Waals surface area contributed by atoms with E-state index in [4.69, 9.17) is 14.0 Å². The first kappa shape index (κ1) is 19.0. The van der Waals surface area contributed by atoms with Crippen molar-refractivity contribution in [3.8, 4) is 34.3 Å². The van der Waals surface area contributed by atoms with Crippen LogP contribution in [0.1, 0.15) is 19.3 Å². The highest BCUT2D eigenvalue weighted by Gasteiger charge is 2.19. The van der Waals surface area contributed by atoms with Crippen molar-refractivity contribution in [1.29, 1.82) is 0 Å². The van der Waals surface area contributed by atoms with Crippen molar-refractivity contribution >= 4 is 5.91 Å². The molecule has 1 aliphatic heterocycles. The number of benzene rings is 2. The highest BCUT2D eigenvalue weighted by atomic mass is 16.5. The summed E-state index contributed by atoms with van der Waals surface area (Å²) in [6.45, 7) is 1.61. The minimum absolute atomic E-state index is 0.00348. The Hall–Kier alpha value is -3.35. The van der Waals surface area contributed by atoms with Gasteiger partial charge in [-0.25, -0.2) is 0 Å². The number of hydrogen-bond acceptors (Lipinski definition) is 6. The first-order valence-corrected chi connectivity index (χ1v) is 9.73. The maximum absolute atomic E-state index is 12.4. The van der Waals surface area contributed by atoms with Crippen LogP contribution in [0, 0.1) is 0 Å². The van der Waals surface area contributed by atoms with Crippen LogP contribution in [0.15, 0.2) is 53.1 Å². The Kier molecular flexibility index (Phi) is 5.74. The van der Waals surface area contributed by atoms with E-state index in [0.29, 0.717) is 23.0 Å². The van der Waals surface area contributed by atoms with Crippen molar-refractivity contribution in [1.82, 2.24) is 15.0 Å². The van der Waals surface area contributed by atoms with Gasteiger partial charge in [0.1, 0.15) is 11.5 Å². The quantitative estimate of drug-likeness (QED) is 0.634. The molecule has 150 valence electrons. The van der Waals surface area contributed by atoms with Gasteiger partial charge in [0.05, 0.1) is 12.7 Å². The summed E-state index contributed by atoms with van der Waals surface area (Å²) >= 11 is 0. The predicted molar refractivity (Wildman–Crippen MR) is 108 cm³/mol. The lowest BCUT2D eigenvalue weighted by atomic mass is 10.1. The summed E-state index contributed by atoms with van der Waals surface area (Å²) in [7, 11) is 1.62. The van der Waals surface area contributed by atoms with Gasteiger partial charge in [-0.15, -0.1) is 0 Å². The Bertz CT molecular complexity index is 962. The van der Waals surface area contributed by atoms with Crippen molar-refractivity contribution in [3.63, 3.8) is 0 Å². The summed E-state index contributed by atoms with van der Waals surface area (Å²) in [5.74, 6) is 2.13. The molecule has 1 saturated heterocycles. The standard InChI is InChI=1S/C22H23N3O4/c1-27-17-11-9-16(10-12-17)21-23-22(29-24-21)18-7-3-4-8-19(18)28-15-20(26)25-13-5-2-6-14-25/h3-4,7-12H,2,5-6,13-15H2,1H3. The normalized spacial score (nSPS) is 13.9. The van der Waals surface area contributed by atoms with E-state index < -0.39 is 0 Å². The molecule has 7 heteroatoms. The smallest absolute Gasteiger partial charge is 0.262 e. The van der Waals surface area contributed by atoms with E-state index in [9.17, 15) is 4.79 Å². The topological polar surface area (TPSA) is 77.7 Å². The Morgan fingerprint density at radius 3 is 2.59 bits per heavy atom. The lowest BCUT2D eigenvalue weighted by Gasteiger charge is -2.26. The number of methoxy groups -OCH3 is 1. The SMILES string of the molecule is COc1ccc(-c2noc(-c3ccccc3OCC(=O)N3CCCCC3)n2)cc1. The van der Waals surface area contributed by atoms with Crippen LogP contribution in [0.5, 0.6) is 11.5 Å². The van der Waals surface area contributed by atoms with Gasteiger partial charge in [0.15, 0.2) is 6.61 Å².